The number of rotatable bonds is 7. The second-order valence-corrected chi connectivity index (χ2v) is 7.42. The summed E-state index contributed by atoms with van der Waals surface area (Å²) in [6.07, 6.45) is 8.15. The zero-order valence-corrected chi connectivity index (χ0v) is 14.3. The second kappa shape index (κ2) is 7.67. The zero-order chi connectivity index (χ0) is 14.5. The van der Waals surface area contributed by atoms with Crippen LogP contribution in [-0.2, 0) is 0 Å². The van der Waals surface area contributed by atoms with Crippen LogP contribution in [0, 0.1) is 23.2 Å². The van der Waals surface area contributed by atoms with Crippen molar-refractivity contribution in [3.8, 4) is 0 Å². The molecule has 0 saturated heterocycles. The number of hydrogen-bond donors (Lipinski definition) is 1. The first-order valence-corrected chi connectivity index (χ1v) is 8.70. The van der Waals surface area contributed by atoms with Gasteiger partial charge in [-0.2, -0.15) is 0 Å². The van der Waals surface area contributed by atoms with Crippen molar-refractivity contribution < 1.29 is 0 Å². The molecule has 0 heterocycles. The topological polar surface area (TPSA) is 12.0 Å². The van der Waals surface area contributed by atoms with E-state index < -0.39 is 0 Å². The van der Waals surface area contributed by atoms with Gasteiger partial charge in [-0.25, -0.2) is 0 Å². The maximum Gasteiger partial charge on any atom is 0.0103 e. The van der Waals surface area contributed by atoms with Gasteiger partial charge in [0.1, 0.15) is 0 Å². The molecule has 3 unspecified atom stereocenters. The Morgan fingerprint density at radius 3 is 2.26 bits per heavy atom. The molecule has 1 aliphatic carbocycles. The van der Waals surface area contributed by atoms with Crippen LogP contribution in [0.4, 0.5) is 0 Å². The van der Waals surface area contributed by atoms with Gasteiger partial charge in [-0.3, -0.25) is 0 Å². The Hall–Kier alpha value is -0.0400. The summed E-state index contributed by atoms with van der Waals surface area (Å²) in [7, 11) is 0. The van der Waals surface area contributed by atoms with Gasteiger partial charge in [0.25, 0.3) is 0 Å². The Labute approximate surface area is 121 Å². The average molecular weight is 268 g/mol. The molecule has 0 bridgehead atoms. The predicted molar refractivity (Wildman–Crippen MR) is 86.4 cm³/mol. The zero-order valence-electron chi connectivity index (χ0n) is 14.3. The quantitative estimate of drug-likeness (QED) is 0.664. The molecular formula is C18H37N. The van der Waals surface area contributed by atoms with Gasteiger partial charge in [0.15, 0.2) is 0 Å². The molecule has 1 rings (SSSR count). The summed E-state index contributed by atoms with van der Waals surface area (Å²) in [5.74, 6) is 2.64. The third kappa shape index (κ3) is 4.21. The Morgan fingerprint density at radius 2 is 1.74 bits per heavy atom. The summed E-state index contributed by atoms with van der Waals surface area (Å²) in [5.41, 5.74) is 0.481. The van der Waals surface area contributed by atoms with Crippen molar-refractivity contribution in [1.29, 1.82) is 0 Å². The highest BCUT2D eigenvalue weighted by atomic mass is 14.9. The van der Waals surface area contributed by atoms with E-state index in [2.05, 4.69) is 46.9 Å². The van der Waals surface area contributed by atoms with Crippen molar-refractivity contribution in [2.75, 3.05) is 6.54 Å². The highest BCUT2D eigenvalue weighted by Gasteiger charge is 2.41. The van der Waals surface area contributed by atoms with Crippen LogP contribution in [0.5, 0.6) is 0 Å². The minimum atomic E-state index is 0.481. The lowest BCUT2D eigenvalue weighted by atomic mass is 9.60. The minimum absolute atomic E-state index is 0.481. The van der Waals surface area contributed by atoms with Gasteiger partial charge in [-0.05, 0) is 49.0 Å². The molecule has 1 heteroatoms. The van der Waals surface area contributed by atoms with Crippen molar-refractivity contribution >= 4 is 0 Å². The van der Waals surface area contributed by atoms with Crippen LogP contribution in [0.25, 0.3) is 0 Å². The fraction of sp³-hybridized carbons (Fsp3) is 1.00. The van der Waals surface area contributed by atoms with Crippen molar-refractivity contribution in [3.63, 3.8) is 0 Å². The Kier molecular flexibility index (Phi) is 6.86. The van der Waals surface area contributed by atoms with E-state index in [1.54, 1.807) is 0 Å². The normalized spacial score (nSPS) is 28.9. The van der Waals surface area contributed by atoms with E-state index in [0.29, 0.717) is 5.41 Å². The first-order chi connectivity index (χ1) is 8.97. The largest absolute Gasteiger partial charge is 0.314 e. The number of hydrogen-bond acceptors (Lipinski definition) is 1. The minimum Gasteiger partial charge on any atom is -0.314 e. The van der Waals surface area contributed by atoms with Gasteiger partial charge in [0.2, 0.25) is 0 Å². The highest BCUT2D eigenvalue weighted by Crippen LogP contribution is 2.46. The molecule has 0 aromatic carbocycles. The van der Waals surface area contributed by atoms with Gasteiger partial charge in [-0.15, -0.1) is 0 Å². The maximum atomic E-state index is 3.86. The molecule has 1 aliphatic rings. The van der Waals surface area contributed by atoms with Crippen LogP contribution in [0.3, 0.4) is 0 Å². The SMILES string of the molecule is CCCNC1CC(C)CCC1C(C)(C)C(CC)CC. The van der Waals surface area contributed by atoms with E-state index in [-0.39, 0.29) is 0 Å². The summed E-state index contributed by atoms with van der Waals surface area (Å²) in [5, 5.41) is 3.86. The molecular weight excluding hydrogens is 230 g/mol. The predicted octanol–water partition coefficient (Wildman–Crippen LogP) is 5.25. The molecule has 0 aromatic heterocycles. The molecule has 1 saturated carbocycles. The van der Waals surface area contributed by atoms with Gasteiger partial charge in [0.05, 0.1) is 0 Å². The summed E-state index contributed by atoms with van der Waals surface area (Å²) < 4.78 is 0. The monoisotopic (exact) mass is 267 g/mol. The molecule has 1 fully saturated rings. The fourth-order valence-corrected chi connectivity index (χ4v) is 4.47. The highest BCUT2D eigenvalue weighted by molar-refractivity contribution is 4.94. The van der Waals surface area contributed by atoms with Gasteiger partial charge >= 0.3 is 0 Å². The molecule has 114 valence electrons. The van der Waals surface area contributed by atoms with Crippen LogP contribution in [0.1, 0.15) is 80.1 Å². The van der Waals surface area contributed by atoms with Crippen molar-refractivity contribution in [2.45, 2.75) is 86.1 Å². The Bertz CT molecular complexity index is 242. The molecule has 1 N–H and O–H groups in total. The van der Waals surface area contributed by atoms with E-state index in [0.717, 1.165) is 23.8 Å². The van der Waals surface area contributed by atoms with Gasteiger partial charge in [0, 0.05) is 6.04 Å². The van der Waals surface area contributed by atoms with Gasteiger partial charge in [-0.1, -0.05) is 60.8 Å². The standard InChI is InChI=1S/C18H37N/c1-7-12-19-17-13-14(4)10-11-16(17)18(5,6)15(8-2)9-3/h14-17,19H,7-13H2,1-6H3. The Balaban J connectivity index is 2.80. The maximum absolute atomic E-state index is 3.86. The molecule has 3 atom stereocenters. The van der Waals surface area contributed by atoms with Crippen LogP contribution >= 0.6 is 0 Å². The molecule has 0 spiro atoms. The lowest BCUT2D eigenvalue weighted by molar-refractivity contribution is 0.0385. The summed E-state index contributed by atoms with van der Waals surface area (Å²) >= 11 is 0. The third-order valence-electron chi connectivity index (χ3n) is 5.76. The smallest absolute Gasteiger partial charge is 0.0103 e. The van der Waals surface area contributed by atoms with Crippen LogP contribution < -0.4 is 5.32 Å². The molecule has 1 nitrogen and oxygen atoms in total. The molecule has 19 heavy (non-hydrogen) atoms. The van der Waals surface area contributed by atoms with Crippen LogP contribution in [0.15, 0.2) is 0 Å². The van der Waals surface area contributed by atoms with E-state index in [1.807, 2.05) is 0 Å². The lowest BCUT2D eigenvalue weighted by Gasteiger charge is -2.48. The molecule has 0 aliphatic heterocycles. The van der Waals surface area contributed by atoms with E-state index in [1.165, 1.54) is 45.1 Å². The van der Waals surface area contributed by atoms with Crippen molar-refractivity contribution in [1.82, 2.24) is 5.32 Å². The van der Waals surface area contributed by atoms with Crippen molar-refractivity contribution in [3.05, 3.63) is 0 Å². The summed E-state index contributed by atoms with van der Waals surface area (Å²) in [4.78, 5) is 0. The average Bonchev–Trinajstić information content (AvgIpc) is 2.37. The first kappa shape index (κ1) is 17.0. The summed E-state index contributed by atoms with van der Waals surface area (Å²) in [6, 6.07) is 0.749. The number of nitrogens with one attached hydrogen (secondary N) is 1. The summed E-state index contributed by atoms with van der Waals surface area (Å²) in [6.45, 7) is 15.7. The van der Waals surface area contributed by atoms with E-state index in [4.69, 9.17) is 0 Å². The fourth-order valence-electron chi connectivity index (χ4n) is 4.47. The van der Waals surface area contributed by atoms with E-state index in [9.17, 15) is 0 Å². The second-order valence-electron chi connectivity index (χ2n) is 7.42. The molecule has 0 radical (unpaired) electrons. The molecule has 0 amide bonds. The van der Waals surface area contributed by atoms with Crippen LogP contribution in [-0.4, -0.2) is 12.6 Å². The molecule has 0 aromatic rings. The van der Waals surface area contributed by atoms with Gasteiger partial charge < -0.3 is 5.32 Å². The third-order valence-corrected chi connectivity index (χ3v) is 5.76. The van der Waals surface area contributed by atoms with Crippen molar-refractivity contribution in [2.24, 2.45) is 23.2 Å². The van der Waals surface area contributed by atoms with E-state index >= 15 is 0 Å². The first-order valence-electron chi connectivity index (χ1n) is 8.70. The lowest BCUT2D eigenvalue weighted by Crippen LogP contribution is -2.49. The Morgan fingerprint density at radius 1 is 1.11 bits per heavy atom. The van der Waals surface area contributed by atoms with Crippen LogP contribution in [0.2, 0.25) is 0 Å².